The van der Waals surface area contributed by atoms with E-state index in [4.69, 9.17) is 0 Å². The van der Waals surface area contributed by atoms with Crippen molar-refractivity contribution in [3.05, 3.63) is 22.4 Å². The van der Waals surface area contributed by atoms with Crippen LogP contribution in [0.5, 0.6) is 0 Å². The topological polar surface area (TPSA) is 24.1 Å². The van der Waals surface area contributed by atoms with E-state index in [2.05, 4.69) is 28.1 Å². The summed E-state index contributed by atoms with van der Waals surface area (Å²) in [5, 5.41) is 8.76. The van der Waals surface area contributed by atoms with E-state index < -0.39 is 0 Å². The van der Waals surface area contributed by atoms with Gasteiger partial charge in [0.15, 0.2) is 0 Å². The van der Waals surface area contributed by atoms with Crippen LogP contribution in [0, 0.1) is 0 Å². The van der Waals surface area contributed by atoms with Crippen LogP contribution in [0.4, 0.5) is 0 Å². The van der Waals surface area contributed by atoms with Crippen LogP contribution in [0.25, 0.3) is 0 Å². The van der Waals surface area contributed by atoms with E-state index in [1.54, 1.807) is 0 Å². The Morgan fingerprint density at radius 3 is 2.79 bits per heavy atom. The van der Waals surface area contributed by atoms with E-state index >= 15 is 0 Å². The van der Waals surface area contributed by atoms with Crippen LogP contribution in [0.2, 0.25) is 0 Å². The van der Waals surface area contributed by atoms with E-state index in [1.165, 1.54) is 24.1 Å². The van der Waals surface area contributed by atoms with Crippen LogP contribution in [0.1, 0.15) is 17.7 Å². The predicted octanol–water partition coefficient (Wildman–Crippen LogP) is 1.88. The van der Waals surface area contributed by atoms with Crippen LogP contribution in [-0.4, -0.2) is 26.7 Å². The van der Waals surface area contributed by atoms with Gasteiger partial charge in [0, 0.05) is 4.88 Å². The molecule has 0 atom stereocenters. The maximum absolute atomic E-state index is 3.46. The molecule has 1 heterocycles. The molecule has 0 aliphatic carbocycles. The minimum absolute atomic E-state index is 1.11. The molecule has 0 fully saturated rings. The summed E-state index contributed by atoms with van der Waals surface area (Å²) in [4.78, 5) is 1.48. The van der Waals surface area contributed by atoms with Gasteiger partial charge in [-0.3, -0.25) is 0 Å². The Morgan fingerprint density at radius 1 is 1.21 bits per heavy atom. The molecular formula is C11H20N2S. The summed E-state index contributed by atoms with van der Waals surface area (Å²) in [6.45, 7) is 3.39. The molecule has 0 aromatic carbocycles. The van der Waals surface area contributed by atoms with Crippen molar-refractivity contribution in [3.8, 4) is 0 Å². The zero-order valence-electron chi connectivity index (χ0n) is 8.88. The van der Waals surface area contributed by atoms with Gasteiger partial charge >= 0.3 is 0 Å². The highest BCUT2D eigenvalue weighted by atomic mass is 32.1. The maximum atomic E-state index is 3.46. The van der Waals surface area contributed by atoms with Gasteiger partial charge in [-0.25, -0.2) is 0 Å². The zero-order chi connectivity index (χ0) is 10.1. The normalized spacial score (nSPS) is 10.6. The van der Waals surface area contributed by atoms with Gasteiger partial charge in [-0.1, -0.05) is 6.07 Å². The van der Waals surface area contributed by atoms with Crippen molar-refractivity contribution in [2.75, 3.05) is 26.7 Å². The van der Waals surface area contributed by atoms with Crippen molar-refractivity contribution in [2.45, 2.75) is 19.3 Å². The molecule has 2 nitrogen and oxygen atoms in total. The Morgan fingerprint density at radius 2 is 2.07 bits per heavy atom. The molecule has 1 rings (SSSR count). The zero-order valence-corrected chi connectivity index (χ0v) is 9.70. The van der Waals surface area contributed by atoms with Gasteiger partial charge in [0.1, 0.15) is 0 Å². The Hall–Kier alpha value is -0.380. The molecule has 0 saturated heterocycles. The molecule has 0 amide bonds. The molecule has 0 unspecified atom stereocenters. The number of nitrogens with one attached hydrogen (secondary N) is 2. The lowest BCUT2D eigenvalue weighted by Gasteiger charge is -2.03. The Labute approximate surface area is 90.7 Å². The van der Waals surface area contributed by atoms with Gasteiger partial charge in [0.2, 0.25) is 0 Å². The summed E-state index contributed by atoms with van der Waals surface area (Å²) >= 11 is 1.84. The number of rotatable bonds is 8. The number of hydrogen-bond acceptors (Lipinski definition) is 3. The van der Waals surface area contributed by atoms with Gasteiger partial charge in [0.05, 0.1) is 0 Å². The van der Waals surface area contributed by atoms with E-state index in [1.807, 2.05) is 18.4 Å². The lowest BCUT2D eigenvalue weighted by molar-refractivity contribution is 0.607. The molecule has 3 heteroatoms. The van der Waals surface area contributed by atoms with Crippen LogP contribution >= 0.6 is 11.3 Å². The standard InChI is InChI=1S/C11H20N2S/c1-12-7-2-3-8-13-9-6-11-5-4-10-14-11/h4-5,10,12-13H,2-3,6-9H2,1H3. The van der Waals surface area contributed by atoms with Crippen molar-refractivity contribution in [1.82, 2.24) is 10.6 Å². The number of hydrogen-bond donors (Lipinski definition) is 2. The maximum Gasteiger partial charge on any atom is 0.00578 e. The van der Waals surface area contributed by atoms with E-state index in [9.17, 15) is 0 Å². The lowest BCUT2D eigenvalue weighted by atomic mass is 10.3. The first-order chi connectivity index (χ1) is 6.93. The molecule has 0 aliphatic rings. The van der Waals surface area contributed by atoms with Gasteiger partial charge in [-0.15, -0.1) is 11.3 Å². The summed E-state index contributed by atoms with van der Waals surface area (Å²) < 4.78 is 0. The third-order valence-corrected chi connectivity index (χ3v) is 3.09. The fourth-order valence-electron chi connectivity index (χ4n) is 1.34. The van der Waals surface area contributed by atoms with Crippen molar-refractivity contribution in [2.24, 2.45) is 0 Å². The summed E-state index contributed by atoms with van der Waals surface area (Å²) in [6, 6.07) is 4.32. The first-order valence-electron chi connectivity index (χ1n) is 5.31. The third kappa shape index (κ3) is 5.37. The molecule has 1 aromatic rings. The molecule has 0 saturated carbocycles. The highest BCUT2D eigenvalue weighted by Crippen LogP contribution is 2.07. The Bertz CT molecular complexity index is 209. The first-order valence-corrected chi connectivity index (χ1v) is 6.19. The molecular weight excluding hydrogens is 192 g/mol. The van der Waals surface area contributed by atoms with Gasteiger partial charge in [0.25, 0.3) is 0 Å². The van der Waals surface area contributed by atoms with Crippen molar-refractivity contribution in [3.63, 3.8) is 0 Å². The number of thiophene rings is 1. The summed E-state index contributed by atoms with van der Waals surface area (Å²) in [5.74, 6) is 0. The van der Waals surface area contributed by atoms with Gasteiger partial charge in [-0.2, -0.15) is 0 Å². The smallest absolute Gasteiger partial charge is 0.00578 e. The summed E-state index contributed by atoms with van der Waals surface area (Å²) in [6.07, 6.45) is 3.71. The van der Waals surface area contributed by atoms with Crippen molar-refractivity contribution < 1.29 is 0 Å². The molecule has 80 valence electrons. The fraction of sp³-hybridized carbons (Fsp3) is 0.636. The third-order valence-electron chi connectivity index (χ3n) is 2.16. The predicted molar refractivity (Wildman–Crippen MR) is 64.1 cm³/mol. The lowest BCUT2D eigenvalue weighted by Crippen LogP contribution is -2.19. The Balaban J connectivity index is 1.85. The van der Waals surface area contributed by atoms with Crippen LogP contribution in [0.3, 0.4) is 0 Å². The average Bonchev–Trinajstić information content (AvgIpc) is 2.69. The van der Waals surface area contributed by atoms with Crippen LogP contribution < -0.4 is 10.6 Å². The van der Waals surface area contributed by atoms with E-state index in [0.717, 1.165) is 19.6 Å². The second kappa shape index (κ2) is 7.97. The molecule has 14 heavy (non-hydrogen) atoms. The molecule has 2 N–H and O–H groups in total. The monoisotopic (exact) mass is 212 g/mol. The summed E-state index contributed by atoms with van der Waals surface area (Å²) in [7, 11) is 2.00. The van der Waals surface area contributed by atoms with E-state index in [-0.39, 0.29) is 0 Å². The van der Waals surface area contributed by atoms with Crippen molar-refractivity contribution >= 4 is 11.3 Å². The highest BCUT2D eigenvalue weighted by Gasteiger charge is 1.92. The minimum Gasteiger partial charge on any atom is -0.320 e. The second-order valence-electron chi connectivity index (χ2n) is 3.39. The average molecular weight is 212 g/mol. The quantitative estimate of drug-likeness (QED) is 0.643. The molecule has 0 bridgehead atoms. The molecule has 0 aliphatic heterocycles. The van der Waals surface area contributed by atoms with Crippen molar-refractivity contribution in [1.29, 1.82) is 0 Å². The minimum atomic E-state index is 1.11. The SMILES string of the molecule is CNCCCCNCCc1cccs1. The second-order valence-corrected chi connectivity index (χ2v) is 4.42. The molecule has 1 aromatic heterocycles. The van der Waals surface area contributed by atoms with E-state index in [0.29, 0.717) is 0 Å². The highest BCUT2D eigenvalue weighted by molar-refractivity contribution is 7.09. The number of unbranched alkanes of at least 4 members (excludes halogenated alkanes) is 1. The van der Waals surface area contributed by atoms with Gasteiger partial charge in [-0.05, 0) is 57.4 Å². The molecule has 0 spiro atoms. The molecule has 0 radical (unpaired) electrons. The summed E-state index contributed by atoms with van der Waals surface area (Å²) in [5.41, 5.74) is 0. The van der Waals surface area contributed by atoms with Crippen LogP contribution in [0.15, 0.2) is 17.5 Å². The largest absolute Gasteiger partial charge is 0.320 e. The fourth-order valence-corrected chi connectivity index (χ4v) is 2.05. The first kappa shape index (κ1) is 11.7. The van der Waals surface area contributed by atoms with Crippen LogP contribution in [-0.2, 0) is 6.42 Å². The Kier molecular flexibility index (Phi) is 6.66. The van der Waals surface area contributed by atoms with Gasteiger partial charge < -0.3 is 10.6 Å².